The van der Waals surface area contributed by atoms with E-state index in [0.717, 1.165) is 25.9 Å². The molecule has 1 saturated heterocycles. The van der Waals surface area contributed by atoms with Crippen LogP contribution in [-0.4, -0.2) is 42.9 Å². The van der Waals surface area contributed by atoms with Gasteiger partial charge in [-0.2, -0.15) is 0 Å². The second kappa shape index (κ2) is 7.92. The van der Waals surface area contributed by atoms with Crippen molar-refractivity contribution < 1.29 is 4.79 Å². The molecular weight excluding hydrogens is 230 g/mol. The third-order valence-corrected chi connectivity index (χ3v) is 2.84. The van der Waals surface area contributed by atoms with Gasteiger partial charge in [-0.1, -0.05) is 13.8 Å². The van der Waals surface area contributed by atoms with Gasteiger partial charge in [-0.3, -0.25) is 15.2 Å². The predicted octanol–water partition coefficient (Wildman–Crippen LogP) is 0.0638. The highest BCUT2D eigenvalue weighted by molar-refractivity contribution is 5.81. The molecule has 1 aliphatic heterocycles. The van der Waals surface area contributed by atoms with Gasteiger partial charge in [0.2, 0.25) is 11.9 Å². The quantitative estimate of drug-likeness (QED) is 0.281. The SMILES string of the molecule is CC(C)CN=C(NN)NCCC(=O)N1CCCC1. The summed E-state index contributed by atoms with van der Waals surface area (Å²) < 4.78 is 0. The van der Waals surface area contributed by atoms with Gasteiger partial charge in [-0.05, 0) is 18.8 Å². The summed E-state index contributed by atoms with van der Waals surface area (Å²) in [6.45, 7) is 7.27. The van der Waals surface area contributed by atoms with E-state index in [1.54, 1.807) is 0 Å². The van der Waals surface area contributed by atoms with Gasteiger partial charge in [0.25, 0.3) is 0 Å². The number of amides is 1. The van der Waals surface area contributed by atoms with Gasteiger partial charge in [-0.25, -0.2) is 5.84 Å². The molecule has 0 spiro atoms. The molecule has 1 heterocycles. The Kier molecular flexibility index (Phi) is 6.49. The van der Waals surface area contributed by atoms with Gasteiger partial charge in [-0.15, -0.1) is 0 Å². The Labute approximate surface area is 109 Å². The third-order valence-electron chi connectivity index (χ3n) is 2.84. The number of likely N-dealkylation sites (tertiary alicyclic amines) is 1. The normalized spacial score (nSPS) is 16.2. The molecule has 1 rings (SSSR count). The number of hydrazine groups is 1. The van der Waals surface area contributed by atoms with Gasteiger partial charge in [0, 0.05) is 32.6 Å². The summed E-state index contributed by atoms with van der Waals surface area (Å²) >= 11 is 0. The monoisotopic (exact) mass is 255 g/mol. The van der Waals surface area contributed by atoms with E-state index in [1.807, 2.05) is 4.90 Å². The van der Waals surface area contributed by atoms with Crippen molar-refractivity contribution in [3.8, 4) is 0 Å². The number of guanidine groups is 1. The van der Waals surface area contributed by atoms with E-state index in [-0.39, 0.29) is 5.91 Å². The summed E-state index contributed by atoms with van der Waals surface area (Å²) in [5.74, 6) is 6.61. The fourth-order valence-electron chi connectivity index (χ4n) is 1.84. The number of carbonyl (C=O) groups is 1. The van der Waals surface area contributed by atoms with Crippen molar-refractivity contribution in [1.82, 2.24) is 15.6 Å². The molecule has 18 heavy (non-hydrogen) atoms. The first-order valence-electron chi connectivity index (χ1n) is 6.66. The zero-order chi connectivity index (χ0) is 13.4. The number of hydrogen-bond donors (Lipinski definition) is 3. The van der Waals surface area contributed by atoms with Crippen molar-refractivity contribution >= 4 is 11.9 Å². The number of nitrogens with two attached hydrogens (primary N) is 1. The fraction of sp³-hybridized carbons (Fsp3) is 0.833. The van der Waals surface area contributed by atoms with Gasteiger partial charge < -0.3 is 10.2 Å². The van der Waals surface area contributed by atoms with E-state index in [1.165, 1.54) is 0 Å². The largest absolute Gasteiger partial charge is 0.355 e. The Bertz CT molecular complexity index is 284. The summed E-state index contributed by atoms with van der Waals surface area (Å²) in [5, 5.41) is 3.05. The van der Waals surface area contributed by atoms with Crippen LogP contribution >= 0.6 is 0 Å². The smallest absolute Gasteiger partial charge is 0.224 e. The maximum atomic E-state index is 11.8. The molecule has 0 bridgehead atoms. The zero-order valence-electron chi connectivity index (χ0n) is 11.4. The van der Waals surface area contributed by atoms with Crippen molar-refractivity contribution in [2.45, 2.75) is 33.1 Å². The van der Waals surface area contributed by atoms with Gasteiger partial charge in [0.1, 0.15) is 0 Å². The van der Waals surface area contributed by atoms with Crippen molar-refractivity contribution in [1.29, 1.82) is 0 Å². The zero-order valence-corrected chi connectivity index (χ0v) is 11.4. The number of nitrogens with one attached hydrogen (secondary N) is 2. The number of aliphatic imine (C=N–C) groups is 1. The molecule has 4 N–H and O–H groups in total. The maximum absolute atomic E-state index is 11.8. The van der Waals surface area contributed by atoms with Crippen LogP contribution in [0, 0.1) is 5.92 Å². The Morgan fingerprint density at radius 2 is 2.06 bits per heavy atom. The summed E-state index contributed by atoms with van der Waals surface area (Å²) in [7, 11) is 0. The molecule has 0 unspecified atom stereocenters. The van der Waals surface area contributed by atoms with Crippen molar-refractivity contribution in [3.05, 3.63) is 0 Å². The van der Waals surface area contributed by atoms with E-state index in [4.69, 9.17) is 5.84 Å². The number of rotatable bonds is 5. The minimum Gasteiger partial charge on any atom is -0.355 e. The van der Waals surface area contributed by atoms with Gasteiger partial charge >= 0.3 is 0 Å². The second-order valence-corrected chi connectivity index (χ2v) is 4.99. The fourth-order valence-corrected chi connectivity index (χ4v) is 1.84. The van der Waals surface area contributed by atoms with Crippen LogP contribution in [0.15, 0.2) is 4.99 Å². The molecule has 0 atom stereocenters. The highest BCUT2D eigenvalue weighted by Crippen LogP contribution is 2.08. The van der Waals surface area contributed by atoms with Crippen LogP contribution in [0.2, 0.25) is 0 Å². The molecule has 104 valence electrons. The molecule has 6 heteroatoms. The van der Waals surface area contributed by atoms with E-state index < -0.39 is 0 Å². The van der Waals surface area contributed by atoms with Crippen molar-refractivity contribution in [2.24, 2.45) is 16.8 Å². The Morgan fingerprint density at radius 1 is 1.39 bits per heavy atom. The molecule has 0 aliphatic carbocycles. The molecular formula is C12H25N5O. The van der Waals surface area contributed by atoms with Gasteiger partial charge in [0.05, 0.1) is 0 Å². The van der Waals surface area contributed by atoms with E-state index >= 15 is 0 Å². The van der Waals surface area contributed by atoms with Gasteiger partial charge in [0.15, 0.2) is 0 Å². The lowest BCUT2D eigenvalue weighted by Crippen LogP contribution is -2.43. The second-order valence-electron chi connectivity index (χ2n) is 4.99. The van der Waals surface area contributed by atoms with E-state index in [0.29, 0.717) is 31.4 Å². The van der Waals surface area contributed by atoms with Crippen LogP contribution in [-0.2, 0) is 4.79 Å². The van der Waals surface area contributed by atoms with Crippen molar-refractivity contribution in [3.63, 3.8) is 0 Å². The number of nitrogens with zero attached hydrogens (tertiary/aromatic N) is 2. The van der Waals surface area contributed by atoms with Crippen molar-refractivity contribution in [2.75, 3.05) is 26.2 Å². The Hall–Kier alpha value is -1.30. The Balaban J connectivity index is 2.22. The molecule has 6 nitrogen and oxygen atoms in total. The first-order chi connectivity index (χ1) is 8.63. The molecule has 0 aromatic carbocycles. The van der Waals surface area contributed by atoms with Crippen LogP contribution < -0.4 is 16.6 Å². The first-order valence-corrected chi connectivity index (χ1v) is 6.66. The molecule has 0 saturated carbocycles. The summed E-state index contributed by atoms with van der Waals surface area (Å²) in [4.78, 5) is 18.0. The highest BCUT2D eigenvalue weighted by atomic mass is 16.2. The average Bonchev–Trinajstić information content (AvgIpc) is 2.86. The number of hydrogen-bond acceptors (Lipinski definition) is 3. The van der Waals surface area contributed by atoms with Crippen LogP contribution in [0.5, 0.6) is 0 Å². The summed E-state index contributed by atoms with van der Waals surface area (Å²) in [6.07, 6.45) is 2.75. The molecule has 0 radical (unpaired) electrons. The minimum absolute atomic E-state index is 0.209. The summed E-state index contributed by atoms with van der Waals surface area (Å²) in [6, 6.07) is 0. The lowest BCUT2D eigenvalue weighted by molar-refractivity contribution is -0.129. The standard InChI is InChI=1S/C12H25N5O/c1-10(2)9-15-12(16-13)14-6-5-11(18)17-7-3-4-8-17/h10H,3-9,13H2,1-2H3,(H2,14,15,16). The lowest BCUT2D eigenvalue weighted by atomic mass is 10.2. The maximum Gasteiger partial charge on any atom is 0.224 e. The average molecular weight is 255 g/mol. The lowest BCUT2D eigenvalue weighted by Gasteiger charge is -2.16. The summed E-state index contributed by atoms with van der Waals surface area (Å²) in [5.41, 5.74) is 2.51. The molecule has 1 fully saturated rings. The third kappa shape index (κ3) is 5.35. The van der Waals surface area contributed by atoms with Crippen LogP contribution in [0.3, 0.4) is 0 Å². The molecule has 1 amide bonds. The minimum atomic E-state index is 0.209. The van der Waals surface area contributed by atoms with E-state index in [9.17, 15) is 4.79 Å². The molecule has 0 aromatic heterocycles. The predicted molar refractivity (Wildman–Crippen MR) is 72.9 cm³/mol. The topological polar surface area (TPSA) is 82.7 Å². The number of carbonyl (C=O) groups excluding carboxylic acids is 1. The molecule has 0 aromatic rings. The van der Waals surface area contributed by atoms with Crippen LogP contribution in [0.1, 0.15) is 33.1 Å². The molecule has 1 aliphatic rings. The van der Waals surface area contributed by atoms with E-state index in [2.05, 4.69) is 29.6 Å². The highest BCUT2D eigenvalue weighted by Gasteiger charge is 2.17. The van der Waals surface area contributed by atoms with Crippen LogP contribution in [0.4, 0.5) is 0 Å². The first kappa shape index (κ1) is 14.8. The Morgan fingerprint density at radius 3 is 2.61 bits per heavy atom. The van der Waals surface area contributed by atoms with Crippen LogP contribution in [0.25, 0.3) is 0 Å².